The molecule has 1 saturated heterocycles. The van der Waals surface area contributed by atoms with Crippen LogP contribution in [-0.2, 0) is 6.42 Å². The lowest BCUT2D eigenvalue weighted by atomic mass is 10.0. The molecule has 0 unspecified atom stereocenters. The Morgan fingerprint density at radius 2 is 1.73 bits per heavy atom. The third-order valence-corrected chi connectivity index (χ3v) is 5.97. The van der Waals surface area contributed by atoms with E-state index in [2.05, 4.69) is 72.9 Å². The molecule has 1 atom stereocenters. The van der Waals surface area contributed by atoms with Crippen LogP contribution in [0.1, 0.15) is 30.3 Å². The van der Waals surface area contributed by atoms with Crippen LogP contribution in [0, 0.1) is 6.92 Å². The summed E-state index contributed by atoms with van der Waals surface area (Å²) in [6.45, 7) is 4.04. The van der Waals surface area contributed by atoms with Crippen molar-refractivity contribution in [1.82, 2.24) is 5.32 Å². The van der Waals surface area contributed by atoms with Gasteiger partial charge < -0.3 is 10.1 Å². The molecule has 0 bridgehead atoms. The van der Waals surface area contributed by atoms with E-state index >= 15 is 0 Å². The lowest BCUT2D eigenvalue weighted by Crippen LogP contribution is -2.28. The van der Waals surface area contributed by atoms with Gasteiger partial charge in [0, 0.05) is 15.8 Å². The van der Waals surface area contributed by atoms with Crippen LogP contribution < -0.4 is 10.1 Å². The van der Waals surface area contributed by atoms with E-state index in [0.717, 1.165) is 25.3 Å². The zero-order valence-corrected chi connectivity index (χ0v) is 16.0. The van der Waals surface area contributed by atoms with Gasteiger partial charge in [-0.15, -0.1) is 11.3 Å². The molecule has 0 spiro atoms. The van der Waals surface area contributed by atoms with Crippen molar-refractivity contribution in [2.24, 2.45) is 0 Å². The van der Waals surface area contributed by atoms with Gasteiger partial charge in [-0.05, 0) is 73.7 Å². The molecule has 0 saturated carbocycles. The Morgan fingerprint density at radius 1 is 1.00 bits per heavy atom. The van der Waals surface area contributed by atoms with Crippen LogP contribution in [0.25, 0.3) is 10.4 Å². The molecule has 4 rings (SSSR count). The van der Waals surface area contributed by atoms with E-state index in [1.807, 2.05) is 11.3 Å². The highest BCUT2D eigenvalue weighted by atomic mass is 32.1. The number of rotatable bonds is 6. The Morgan fingerprint density at radius 3 is 2.35 bits per heavy atom. The maximum atomic E-state index is 5.90. The first-order valence-electron chi connectivity index (χ1n) is 9.37. The number of thiophene rings is 1. The first-order valence-corrected chi connectivity index (χ1v) is 10.2. The van der Waals surface area contributed by atoms with Crippen LogP contribution in [0.3, 0.4) is 0 Å². The fraction of sp³-hybridized carbons (Fsp3) is 0.304. The molecule has 0 aliphatic carbocycles. The standard InChI is InChI=1S/C23H25NOS/c1-17-4-13-23(26-17)20-9-5-18(6-10-20)15-19-7-11-22(12-8-19)25-16-21-3-2-14-24-21/h4-13,21,24H,2-3,14-16H2,1H3/p+1/t21-/m1/s1. The zero-order chi connectivity index (χ0) is 17.8. The van der Waals surface area contributed by atoms with Gasteiger partial charge >= 0.3 is 1.43 Å². The molecule has 1 aliphatic rings. The van der Waals surface area contributed by atoms with Gasteiger partial charge in [0.05, 0.1) is 0 Å². The Labute approximate surface area is 161 Å². The van der Waals surface area contributed by atoms with Crippen LogP contribution in [0.15, 0.2) is 60.7 Å². The SMILES string of the molecule is Cc1ccc(-c2ccc(Cc3ccc(OC[C@H]4CCCN4)cc3)cc2)s1.[H+]. The quantitative estimate of drug-likeness (QED) is 0.618. The highest BCUT2D eigenvalue weighted by molar-refractivity contribution is 7.15. The van der Waals surface area contributed by atoms with Crippen LogP contribution in [0.4, 0.5) is 0 Å². The maximum absolute atomic E-state index is 5.90. The monoisotopic (exact) mass is 364 g/mol. The molecular weight excluding hydrogens is 338 g/mol. The molecule has 2 heterocycles. The Bertz CT molecular complexity index is 836. The van der Waals surface area contributed by atoms with Crippen molar-refractivity contribution < 1.29 is 6.16 Å². The molecule has 26 heavy (non-hydrogen) atoms. The fourth-order valence-electron chi connectivity index (χ4n) is 3.41. The molecule has 0 amide bonds. The Balaban J connectivity index is 0.00000210. The van der Waals surface area contributed by atoms with Crippen LogP contribution in [0.2, 0.25) is 0 Å². The largest absolute Gasteiger partial charge is 1.00 e. The second-order valence-corrected chi connectivity index (χ2v) is 8.32. The lowest BCUT2D eigenvalue weighted by molar-refractivity contribution is 0.277. The molecular formula is C23H26NOS+. The van der Waals surface area contributed by atoms with Gasteiger partial charge in [0.1, 0.15) is 12.4 Å². The van der Waals surface area contributed by atoms with Crippen LogP contribution in [-0.4, -0.2) is 19.2 Å². The maximum Gasteiger partial charge on any atom is 1.00 e. The number of aryl methyl sites for hydroxylation is 1. The van der Waals surface area contributed by atoms with Gasteiger partial charge in [0.25, 0.3) is 0 Å². The minimum Gasteiger partial charge on any atom is -0.492 e. The number of benzene rings is 2. The average Bonchev–Trinajstić information content (AvgIpc) is 3.34. The predicted octanol–water partition coefficient (Wildman–Crippen LogP) is 5.56. The van der Waals surface area contributed by atoms with E-state index in [9.17, 15) is 0 Å². The van der Waals surface area contributed by atoms with E-state index in [1.54, 1.807) is 0 Å². The normalized spacial score (nSPS) is 16.7. The zero-order valence-electron chi connectivity index (χ0n) is 16.2. The highest BCUT2D eigenvalue weighted by Crippen LogP contribution is 2.28. The van der Waals surface area contributed by atoms with Crippen molar-refractivity contribution in [1.29, 1.82) is 0 Å². The van der Waals surface area contributed by atoms with Crippen molar-refractivity contribution in [2.75, 3.05) is 13.2 Å². The van der Waals surface area contributed by atoms with Gasteiger partial charge in [0.15, 0.2) is 0 Å². The van der Waals surface area contributed by atoms with Gasteiger partial charge in [-0.2, -0.15) is 0 Å². The van der Waals surface area contributed by atoms with E-state index in [1.165, 1.54) is 39.3 Å². The van der Waals surface area contributed by atoms with E-state index < -0.39 is 0 Å². The molecule has 1 fully saturated rings. The minimum absolute atomic E-state index is 0. The molecule has 2 nitrogen and oxygen atoms in total. The summed E-state index contributed by atoms with van der Waals surface area (Å²) in [7, 11) is 0. The Kier molecular flexibility index (Phi) is 5.37. The molecule has 3 heteroatoms. The van der Waals surface area contributed by atoms with Crippen molar-refractivity contribution in [3.63, 3.8) is 0 Å². The van der Waals surface area contributed by atoms with E-state index in [-0.39, 0.29) is 1.43 Å². The van der Waals surface area contributed by atoms with E-state index in [4.69, 9.17) is 4.74 Å². The van der Waals surface area contributed by atoms with Gasteiger partial charge in [0.2, 0.25) is 0 Å². The summed E-state index contributed by atoms with van der Waals surface area (Å²) >= 11 is 1.85. The lowest BCUT2D eigenvalue weighted by Gasteiger charge is -2.12. The molecule has 3 aromatic rings. The number of ether oxygens (including phenoxy) is 1. The van der Waals surface area contributed by atoms with Crippen molar-refractivity contribution in [3.8, 4) is 16.2 Å². The molecule has 2 aromatic carbocycles. The molecule has 134 valence electrons. The summed E-state index contributed by atoms with van der Waals surface area (Å²) in [6, 6.07) is 22.4. The highest BCUT2D eigenvalue weighted by Gasteiger charge is 2.14. The second kappa shape index (κ2) is 8.07. The summed E-state index contributed by atoms with van der Waals surface area (Å²) in [5.41, 5.74) is 3.96. The van der Waals surface area contributed by atoms with Crippen LogP contribution in [0.5, 0.6) is 5.75 Å². The van der Waals surface area contributed by atoms with Crippen molar-refractivity contribution >= 4 is 11.3 Å². The Hall–Kier alpha value is -2.10. The summed E-state index contributed by atoms with van der Waals surface area (Å²) in [5.74, 6) is 0.964. The smallest absolute Gasteiger partial charge is 0.492 e. The van der Waals surface area contributed by atoms with Crippen molar-refractivity contribution in [3.05, 3.63) is 76.7 Å². The number of hydrogen-bond donors (Lipinski definition) is 1. The number of hydrogen-bond acceptors (Lipinski definition) is 3. The molecule has 1 aromatic heterocycles. The average molecular weight is 365 g/mol. The summed E-state index contributed by atoms with van der Waals surface area (Å²) in [6.07, 6.45) is 3.44. The molecule has 1 N–H and O–H groups in total. The summed E-state index contributed by atoms with van der Waals surface area (Å²) < 4.78 is 5.90. The van der Waals surface area contributed by atoms with Gasteiger partial charge in [-0.1, -0.05) is 36.4 Å². The minimum atomic E-state index is 0. The third-order valence-electron chi connectivity index (χ3n) is 4.92. The first-order chi connectivity index (χ1) is 12.8. The predicted molar refractivity (Wildman–Crippen MR) is 111 cm³/mol. The fourth-order valence-corrected chi connectivity index (χ4v) is 4.28. The van der Waals surface area contributed by atoms with Gasteiger partial charge in [-0.25, -0.2) is 0 Å². The van der Waals surface area contributed by atoms with Crippen LogP contribution >= 0.6 is 11.3 Å². The topological polar surface area (TPSA) is 21.3 Å². The summed E-state index contributed by atoms with van der Waals surface area (Å²) in [5, 5.41) is 3.46. The van der Waals surface area contributed by atoms with E-state index in [0.29, 0.717) is 6.04 Å². The van der Waals surface area contributed by atoms with Gasteiger partial charge in [-0.3, -0.25) is 0 Å². The second-order valence-electron chi connectivity index (χ2n) is 7.03. The van der Waals surface area contributed by atoms with Crippen molar-refractivity contribution in [2.45, 2.75) is 32.2 Å². The first kappa shape index (κ1) is 17.3. The molecule has 0 radical (unpaired) electrons. The number of nitrogens with one attached hydrogen (secondary N) is 1. The summed E-state index contributed by atoms with van der Waals surface area (Å²) in [4.78, 5) is 2.70. The molecule has 1 aliphatic heterocycles. The third kappa shape index (κ3) is 4.35.